The van der Waals surface area contributed by atoms with E-state index in [1.54, 1.807) is 48.4 Å². The number of hydrogen-bond donors (Lipinski definition) is 2. The highest BCUT2D eigenvalue weighted by Gasteiger charge is 2.21. The minimum Gasteiger partial charge on any atom is -0.453 e. The van der Waals surface area contributed by atoms with Crippen molar-refractivity contribution in [2.75, 3.05) is 6.61 Å². The summed E-state index contributed by atoms with van der Waals surface area (Å²) in [4.78, 5) is 16.2. The lowest BCUT2D eigenvalue weighted by molar-refractivity contribution is 0.152. The summed E-state index contributed by atoms with van der Waals surface area (Å²) in [6.45, 7) is 5.43. The second-order valence-electron chi connectivity index (χ2n) is 8.34. The summed E-state index contributed by atoms with van der Waals surface area (Å²) in [5, 5.41) is 14.1. The molecular formula is C23H20ClFN6O2. The first-order valence-corrected chi connectivity index (χ1v) is 10.6. The van der Waals surface area contributed by atoms with Gasteiger partial charge in [0.2, 0.25) is 0 Å². The molecule has 0 aliphatic carbocycles. The molecule has 8 nitrogen and oxygen atoms in total. The van der Waals surface area contributed by atoms with Crippen LogP contribution in [0.2, 0.25) is 5.02 Å². The molecule has 33 heavy (non-hydrogen) atoms. The zero-order chi connectivity index (χ0) is 23.3. The Morgan fingerprint density at radius 2 is 1.88 bits per heavy atom. The number of nitrogens with one attached hydrogen (secondary N) is 1. The highest BCUT2D eigenvalue weighted by molar-refractivity contribution is 6.36. The highest BCUT2D eigenvalue weighted by atomic mass is 35.5. The molecule has 3 heterocycles. The molecule has 168 valence electrons. The molecule has 0 atom stereocenters. The average molecular weight is 467 g/mol. The quantitative estimate of drug-likeness (QED) is 0.378. The second-order valence-corrected chi connectivity index (χ2v) is 8.72. The second kappa shape index (κ2) is 7.79. The van der Waals surface area contributed by atoms with Crippen LogP contribution < -0.4 is 4.74 Å². The van der Waals surface area contributed by atoms with Crippen molar-refractivity contribution >= 4 is 33.7 Å². The van der Waals surface area contributed by atoms with Gasteiger partial charge in [-0.3, -0.25) is 9.67 Å². The van der Waals surface area contributed by atoms with Gasteiger partial charge in [0.05, 0.1) is 41.3 Å². The Balaban J connectivity index is 1.53. The maximum absolute atomic E-state index is 14.9. The Hall–Kier alpha value is -3.56. The smallest absolute Gasteiger partial charge is 0.191 e. The standard InChI is InChI=1S/C23H20ClFN6O2/c1-12-28-15-5-7-18(20(25)22(15)29-12)33-17-6-4-14-21(19(17)24)30-16(9-26-14)13-8-27-31(10-13)23(2,3)11-32/h4-10,32H,11H2,1-3H3,(H,28,29). The number of benzene rings is 2. The largest absolute Gasteiger partial charge is 0.453 e. The average Bonchev–Trinajstić information content (AvgIpc) is 3.45. The van der Waals surface area contributed by atoms with E-state index in [1.807, 2.05) is 13.8 Å². The Bertz CT molecular complexity index is 1510. The third-order valence-corrected chi connectivity index (χ3v) is 5.77. The Morgan fingerprint density at radius 3 is 2.67 bits per heavy atom. The predicted octanol–water partition coefficient (Wildman–Crippen LogP) is 4.99. The molecule has 5 aromatic rings. The van der Waals surface area contributed by atoms with E-state index in [2.05, 4.69) is 25.0 Å². The van der Waals surface area contributed by atoms with Crippen molar-refractivity contribution in [2.24, 2.45) is 0 Å². The Labute approximate surface area is 193 Å². The van der Waals surface area contributed by atoms with Crippen molar-refractivity contribution in [1.82, 2.24) is 29.7 Å². The van der Waals surface area contributed by atoms with Gasteiger partial charge in [-0.25, -0.2) is 14.4 Å². The van der Waals surface area contributed by atoms with E-state index in [0.29, 0.717) is 28.1 Å². The van der Waals surface area contributed by atoms with Crippen LogP contribution in [0.25, 0.3) is 33.3 Å². The zero-order valence-electron chi connectivity index (χ0n) is 18.1. The first-order valence-electron chi connectivity index (χ1n) is 10.2. The van der Waals surface area contributed by atoms with Gasteiger partial charge in [-0.15, -0.1) is 0 Å². The number of rotatable bonds is 5. The van der Waals surface area contributed by atoms with Crippen molar-refractivity contribution in [2.45, 2.75) is 26.3 Å². The van der Waals surface area contributed by atoms with E-state index in [9.17, 15) is 9.50 Å². The Morgan fingerprint density at radius 1 is 1.12 bits per heavy atom. The van der Waals surface area contributed by atoms with Crippen LogP contribution in [0.5, 0.6) is 11.5 Å². The highest BCUT2D eigenvalue weighted by Crippen LogP contribution is 2.37. The molecule has 0 aliphatic heterocycles. The van der Waals surface area contributed by atoms with Gasteiger partial charge in [-0.05, 0) is 45.0 Å². The van der Waals surface area contributed by atoms with Crippen LogP contribution in [-0.4, -0.2) is 41.4 Å². The number of aromatic nitrogens is 6. The van der Waals surface area contributed by atoms with Gasteiger partial charge in [0.25, 0.3) is 0 Å². The Kier molecular flexibility index (Phi) is 5.02. The van der Waals surface area contributed by atoms with E-state index >= 15 is 0 Å². The van der Waals surface area contributed by atoms with Crippen LogP contribution in [-0.2, 0) is 5.54 Å². The van der Waals surface area contributed by atoms with Crippen LogP contribution in [0.3, 0.4) is 0 Å². The van der Waals surface area contributed by atoms with Crippen LogP contribution in [0, 0.1) is 12.7 Å². The van der Waals surface area contributed by atoms with Gasteiger partial charge >= 0.3 is 0 Å². The number of ether oxygens (including phenoxy) is 1. The van der Waals surface area contributed by atoms with Crippen molar-refractivity contribution < 1.29 is 14.2 Å². The van der Waals surface area contributed by atoms with Crippen molar-refractivity contribution in [3.63, 3.8) is 0 Å². The topological polar surface area (TPSA) is 102 Å². The van der Waals surface area contributed by atoms with Gasteiger partial charge < -0.3 is 14.8 Å². The van der Waals surface area contributed by atoms with E-state index in [1.165, 1.54) is 6.07 Å². The monoisotopic (exact) mass is 466 g/mol. The maximum Gasteiger partial charge on any atom is 0.191 e. The summed E-state index contributed by atoms with van der Waals surface area (Å²) in [5.41, 5.74) is 2.49. The predicted molar refractivity (Wildman–Crippen MR) is 123 cm³/mol. The molecule has 0 saturated heterocycles. The van der Waals surface area contributed by atoms with E-state index in [0.717, 1.165) is 5.56 Å². The lowest BCUT2D eigenvalue weighted by Crippen LogP contribution is -2.30. The van der Waals surface area contributed by atoms with E-state index in [4.69, 9.17) is 16.3 Å². The van der Waals surface area contributed by atoms with Gasteiger partial charge in [0.15, 0.2) is 11.6 Å². The van der Waals surface area contributed by atoms with Crippen molar-refractivity contribution in [3.05, 3.63) is 59.5 Å². The third kappa shape index (κ3) is 3.69. The number of imidazole rings is 1. The summed E-state index contributed by atoms with van der Waals surface area (Å²) in [5.74, 6) is 0.326. The number of aliphatic hydroxyl groups excluding tert-OH is 1. The van der Waals surface area contributed by atoms with E-state index < -0.39 is 11.4 Å². The van der Waals surface area contributed by atoms with Crippen LogP contribution in [0.4, 0.5) is 4.39 Å². The molecule has 0 aliphatic rings. The van der Waals surface area contributed by atoms with E-state index in [-0.39, 0.29) is 28.6 Å². The molecule has 2 aromatic carbocycles. The lowest BCUT2D eigenvalue weighted by atomic mass is 10.1. The third-order valence-electron chi connectivity index (χ3n) is 5.40. The molecular weight excluding hydrogens is 447 g/mol. The zero-order valence-corrected chi connectivity index (χ0v) is 18.9. The number of fused-ring (bicyclic) bond motifs is 2. The molecule has 5 rings (SSSR count). The summed E-state index contributed by atoms with van der Waals surface area (Å²) >= 11 is 6.60. The summed E-state index contributed by atoms with van der Waals surface area (Å²) in [6.07, 6.45) is 5.07. The molecule has 0 bridgehead atoms. The number of nitrogens with zero attached hydrogens (tertiary/aromatic N) is 5. The summed E-state index contributed by atoms with van der Waals surface area (Å²) in [7, 11) is 0. The van der Waals surface area contributed by atoms with Crippen LogP contribution >= 0.6 is 11.6 Å². The fourth-order valence-corrected chi connectivity index (χ4v) is 3.69. The minimum atomic E-state index is -0.556. The van der Waals surface area contributed by atoms with Crippen LogP contribution in [0.15, 0.2) is 42.9 Å². The maximum atomic E-state index is 14.9. The SMILES string of the molecule is Cc1nc2ccc(Oc3ccc4ncc(-c5cnn(C(C)(C)CO)c5)nc4c3Cl)c(F)c2[nH]1. The molecule has 0 amide bonds. The van der Waals surface area contributed by atoms with Gasteiger partial charge in [0, 0.05) is 11.8 Å². The lowest BCUT2D eigenvalue weighted by Gasteiger charge is -2.22. The number of hydrogen-bond acceptors (Lipinski definition) is 6. The number of aryl methyl sites for hydroxylation is 1. The number of aliphatic hydroxyl groups is 1. The van der Waals surface area contributed by atoms with Gasteiger partial charge in [-0.2, -0.15) is 5.10 Å². The van der Waals surface area contributed by atoms with Gasteiger partial charge in [0.1, 0.15) is 27.6 Å². The fraction of sp³-hybridized carbons (Fsp3) is 0.217. The molecule has 3 aromatic heterocycles. The molecule has 0 radical (unpaired) electrons. The molecule has 10 heteroatoms. The molecule has 2 N–H and O–H groups in total. The van der Waals surface area contributed by atoms with Gasteiger partial charge in [-0.1, -0.05) is 11.6 Å². The fourth-order valence-electron chi connectivity index (χ4n) is 3.45. The molecule has 0 spiro atoms. The molecule has 0 unspecified atom stereocenters. The van der Waals surface area contributed by atoms with Crippen molar-refractivity contribution in [3.8, 4) is 22.8 Å². The first-order chi connectivity index (χ1) is 15.8. The number of H-pyrrole nitrogens is 1. The summed E-state index contributed by atoms with van der Waals surface area (Å²) < 4.78 is 22.4. The molecule has 0 fully saturated rings. The first kappa shape index (κ1) is 21.3. The summed E-state index contributed by atoms with van der Waals surface area (Å²) in [6, 6.07) is 6.53. The minimum absolute atomic E-state index is 0.0176. The van der Waals surface area contributed by atoms with Crippen LogP contribution in [0.1, 0.15) is 19.7 Å². The number of aromatic amines is 1. The normalized spacial score (nSPS) is 12.1. The van der Waals surface area contributed by atoms with Crippen molar-refractivity contribution in [1.29, 1.82) is 0 Å². The molecule has 0 saturated carbocycles. The number of halogens is 2.